The minimum Gasteiger partial charge on any atom is -0.345 e. The molecule has 0 aliphatic heterocycles. The van der Waals surface area contributed by atoms with E-state index >= 15 is 0 Å². The number of aromatic nitrogens is 1. The maximum atomic E-state index is 12.4. The monoisotopic (exact) mass is 280 g/mol. The molecule has 1 amide bonds. The molecule has 0 radical (unpaired) electrons. The molecule has 1 aromatic heterocycles. The molecule has 1 heterocycles. The zero-order valence-corrected chi connectivity index (χ0v) is 12.7. The topological polar surface area (TPSA) is 42.0 Å². The van der Waals surface area contributed by atoms with E-state index in [9.17, 15) is 4.79 Å². The maximum absolute atomic E-state index is 12.4. The number of benzene rings is 1. The van der Waals surface area contributed by atoms with Crippen LogP contribution in [0.4, 0.5) is 0 Å². The summed E-state index contributed by atoms with van der Waals surface area (Å²) in [4.78, 5) is 16.9. The summed E-state index contributed by atoms with van der Waals surface area (Å²) in [6.07, 6.45) is 1.72. The van der Waals surface area contributed by atoms with Crippen molar-refractivity contribution in [2.45, 2.75) is 26.8 Å². The van der Waals surface area contributed by atoms with Crippen LogP contribution in [-0.4, -0.2) is 10.9 Å². The summed E-state index contributed by atoms with van der Waals surface area (Å²) in [5, 5.41) is 3.01. The molecule has 2 rings (SSSR count). The zero-order chi connectivity index (χ0) is 15.4. The van der Waals surface area contributed by atoms with Crippen molar-refractivity contribution in [2.75, 3.05) is 0 Å². The minimum absolute atomic E-state index is 0.0495. The number of pyridine rings is 1. The molecule has 3 nitrogen and oxygen atoms in total. The van der Waals surface area contributed by atoms with Crippen LogP contribution >= 0.6 is 0 Å². The quantitative estimate of drug-likeness (QED) is 0.924. The molecule has 2 aromatic rings. The molecule has 0 aliphatic rings. The van der Waals surface area contributed by atoms with Crippen molar-refractivity contribution in [3.63, 3.8) is 0 Å². The van der Waals surface area contributed by atoms with Gasteiger partial charge in [-0.15, -0.1) is 0 Å². The number of nitrogens with one attached hydrogen (secondary N) is 1. The highest BCUT2D eigenvalue weighted by Gasteiger charge is 2.15. The Morgan fingerprint density at radius 1 is 1.24 bits per heavy atom. The number of nitrogens with zero attached hydrogens (tertiary/aromatic N) is 1. The summed E-state index contributed by atoms with van der Waals surface area (Å²) in [5.41, 5.74) is 4.18. The van der Waals surface area contributed by atoms with Gasteiger partial charge in [0.05, 0.1) is 17.3 Å². The normalized spacial score (nSPS) is 11.8. The van der Waals surface area contributed by atoms with Crippen molar-refractivity contribution < 1.29 is 4.79 Å². The summed E-state index contributed by atoms with van der Waals surface area (Å²) in [7, 11) is 0. The van der Waals surface area contributed by atoms with Crippen LogP contribution in [0, 0.1) is 13.8 Å². The Morgan fingerprint density at radius 2 is 1.90 bits per heavy atom. The molecular weight excluding hydrogens is 260 g/mol. The lowest BCUT2D eigenvalue weighted by Crippen LogP contribution is -2.27. The van der Waals surface area contributed by atoms with E-state index in [1.165, 1.54) is 0 Å². The lowest BCUT2D eigenvalue weighted by molar-refractivity contribution is 0.0939. The second-order valence-electron chi connectivity index (χ2n) is 5.11. The molecule has 3 heteroatoms. The maximum Gasteiger partial charge on any atom is 0.253 e. The molecule has 0 saturated carbocycles. The summed E-state index contributed by atoms with van der Waals surface area (Å²) in [5.74, 6) is -0.112. The SMILES string of the molecule is C=Cc1cc(C(=O)N[C@@H](C)c2ccccc2)c(C)nc1C. The largest absolute Gasteiger partial charge is 0.345 e. The highest BCUT2D eigenvalue weighted by atomic mass is 16.1. The lowest BCUT2D eigenvalue weighted by atomic mass is 10.1. The third-order valence-corrected chi connectivity index (χ3v) is 3.55. The number of hydrogen-bond acceptors (Lipinski definition) is 2. The summed E-state index contributed by atoms with van der Waals surface area (Å²) in [6.45, 7) is 9.49. The molecule has 1 N–H and O–H groups in total. The van der Waals surface area contributed by atoms with Crippen LogP contribution in [0.5, 0.6) is 0 Å². The Kier molecular flexibility index (Phi) is 4.53. The minimum atomic E-state index is -0.112. The van der Waals surface area contributed by atoms with Gasteiger partial charge in [0, 0.05) is 5.69 Å². The fraction of sp³-hybridized carbons (Fsp3) is 0.222. The van der Waals surface area contributed by atoms with E-state index in [2.05, 4.69) is 16.9 Å². The first-order valence-corrected chi connectivity index (χ1v) is 6.99. The standard InChI is InChI=1S/C18H20N2O/c1-5-15-11-17(14(4)19-12(15)2)18(21)20-13(3)16-9-7-6-8-10-16/h5-11,13H,1H2,2-4H3,(H,20,21)/t13-/m0/s1. The average Bonchev–Trinajstić information content (AvgIpc) is 2.48. The highest BCUT2D eigenvalue weighted by molar-refractivity contribution is 5.96. The number of rotatable bonds is 4. The van der Waals surface area contributed by atoms with E-state index < -0.39 is 0 Å². The Labute approximate surface area is 125 Å². The van der Waals surface area contributed by atoms with Gasteiger partial charge in [-0.1, -0.05) is 43.0 Å². The van der Waals surface area contributed by atoms with Crippen LogP contribution in [0.3, 0.4) is 0 Å². The fourth-order valence-corrected chi connectivity index (χ4v) is 2.28. The molecule has 1 aromatic carbocycles. The van der Waals surface area contributed by atoms with Gasteiger partial charge in [-0.05, 0) is 38.0 Å². The van der Waals surface area contributed by atoms with E-state index in [0.717, 1.165) is 22.5 Å². The van der Waals surface area contributed by atoms with Crippen LogP contribution in [0.1, 0.15) is 45.8 Å². The Bertz CT molecular complexity index is 662. The van der Waals surface area contributed by atoms with Crippen molar-refractivity contribution in [3.05, 3.63) is 71.1 Å². The van der Waals surface area contributed by atoms with Crippen molar-refractivity contribution in [1.29, 1.82) is 0 Å². The Morgan fingerprint density at radius 3 is 2.52 bits per heavy atom. The fourth-order valence-electron chi connectivity index (χ4n) is 2.28. The van der Waals surface area contributed by atoms with E-state index in [-0.39, 0.29) is 11.9 Å². The number of hydrogen-bond donors (Lipinski definition) is 1. The van der Waals surface area contributed by atoms with Gasteiger partial charge in [-0.3, -0.25) is 9.78 Å². The van der Waals surface area contributed by atoms with E-state index in [1.54, 1.807) is 6.08 Å². The van der Waals surface area contributed by atoms with E-state index in [0.29, 0.717) is 5.56 Å². The van der Waals surface area contributed by atoms with Gasteiger partial charge in [-0.25, -0.2) is 0 Å². The first-order chi connectivity index (χ1) is 10.0. The van der Waals surface area contributed by atoms with Gasteiger partial charge in [0.25, 0.3) is 5.91 Å². The van der Waals surface area contributed by atoms with Crippen LogP contribution in [0.2, 0.25) is 0 Å². The number of amides is 1. The molecular formula is C18H20N2O. The van der Waals surface area contributed by atoms with Crippen molar-refractivity contribution >= 4 is 12.0 Å². The second kappa shape index (κ2) is 6.35. The molecule has 21 heavy (non-hydrogen) atoms. The smallest absolute Gasteiger partial charge is 0.253 e. The molecule has 0 spiro atoms. The van der Waals surface area contributed by atoms with Gasteiger partial charge in [0.15, 0.2) is 0 Å². The molecule has 0 fully saturated rings. The molecule has 0 saturated heterocycles. The molecule has 108 valence electrons. The summed E-state index contributed by atoms with van der Waals surface area (Å²) < 4.78 is 0. The molecule has 0 unspecified atom stereocenters. The van der Waals surface area contributed by atoms with Crippen LogP contribution in [0.25, 0.3) is 6.08 Å². The average molecular weight is 280 g/mol. The van der Waals surface area contributed by atoms with E-state index in [1.807, 2.05) is 57.2 Å². The van der Waals surface area contributed by atoms with Gasteiger partial charge in [0.1, 0.15) is 0 Å². The van der Waals surface area contributed by atoms with Crippen LogP contribution in [0.15, 0.2) is 43.0 Å². The number of carbonyl (C=O) groups is 1. The van der Waals surface area contributed by atoms with Crippen LogP contribution in [-0.2, 0) is 0 Å². The van der Waals surface area contributed by atoms with Gasteiger partial charge < -0.3 is 5.32 Å². The Hall–Kier alpha value is -2.42. The van der Waals surface area contributed by atoms with Gasteiger partial charge >= 0.3 is 0 Å². The lowest BCUT2D eigenvalue weighted by Gasteiger charge is -2.16. The van der Waals surface area contributed by atoms with Crippen LogP contribution < -0.4 is 5.32 Å². The van der Waals surface area contributed by atoms with E-state index in [4.69, 9.17) is 0 Å². The first kappa shape index (κ1) is 15.0. The molecule has 0 bridgehead atoms. The third kappa shape index (κ3) is 3.37. The van der Waals surface area contributed by atoms with Crippen molar-refractivity contribution in [3.8, 4) is 0 Å². The van der Waals surface area contributed by atoms with Gasteiger partial charge in [-0.2, -0.15) is 0 Å². The number of aryl methyl sites for hydroxylation is 2. The molecule has 0 aliphatic carbocycles. The van der Waals surface area contributed by atoms with Crippen molar-refractivity contribution in [1.82, 2.24) is 10.3 Å². The van der Waals surface area contributed by atoms with Gasteiger partial charge in [0.2, 0.25) is 0 Å². The molecule has 1 atom stereocenters. The first-order valence-electron chi connectivity index (χ1n) is 6.99. The third-order valence-electron chi connectivity index (χ3n) is 3.55. The Balaban J connectivity index is 2.23. The predicted octanol–water partition coefficient (Wildman–Crippen LogP) is 3.83. The second-order valence-corrected chi connectivity index (χ2v) is 5.11. The number of carbonyl (C=O) groups excluding carboxylic acids is 1. The predicted molar refractivity (Wildman–Crippen MR) is 86.1 cm³/mol. The highest BCUT2D eigenvalue weighted by Crippen LogP contribution is 2.16. The van der Waals surface area contributed by atoms with Crippen molar-refractivity contribution in [2.24, 2.45) is 0 Å². The summed E-state index contributed by atoms with van der Waals surface area (Å²) in [6, 6.07) is 11.7. The zero-order valence-electron chi connectivity index (χ0n) is 12.7. The summed E-state index contributed by atoms with van der Waals surface area (Å²) >= 11 is 0.